The molecule has 0 radical (unpaired) electrons. The van der Waals surface area contributed by atoms with Crippen LogP contribution in [-0.2, 0) is 5.41 Å². The molecular formula is C13H15NO2. The largest absolute Gasteiger partial charge is 0.441 e. The minimum absolute atomic E-state index is 0.0267. The van der Waals surface area contributed by atoms with Crippen molar-refractivity contribution in [3.8, 4) is 0 Å². The lowest BCUT2D eigenvalue weighted by Gasteiger charge is -2.13. The van der Waals surface area contributed by atoms with E-state index in [2.05, 4.69) is 11.9 Å². The Morgan fingerprint density at radius 3 is 2.94 bits per heavy atom. The molecule has 1 aromatic carbocycles. The highest BCUT2D eigenvalue weighted by molar-refractivity contribution is 5.74. The lowest BCUT2D eigenvalue weighted by molar-refractivity contribution is 0.247. The Balaban J connectivity index is 2.11. The van der Waals surface area contributed by atoms with Crippen LogP contribution in [-0.4, -0.2) is 16.7 Å². The second-order valence-electron chi connectivity index (χ2n) is 4.83. The van der Waals surface area contributed by atoms with Crippen LogP contribution in [0, 0.1) is 12.8 Å². The Hall–Kier alpha value is -1.35. The van der Waals surface area contributed by atoms with Crippen molar-refractivity contribution >= 4 is 11.1 Å². The summed E-state index contributed by atoms with van der Waals surface area (Å²) in [6.07, 6.45) is 1.06. The lowest BCUT2D eigenvalue weighted by atomic mass is 9.94. The summed E-state index contributed by atoms with van der Waals surface area (Å²) < 4.78 is 5.44. The van der Waals surface area contributed by atoms with Crippen LogP contribution >= 0.6 is 0 Å². The molecule has 1 saturated carbocycles. The van der Waals surface area contributed by atoms with Gasteiger partial charge in [-0.1, -0.05) is 13.0 Å². The topological polar surface area (TPSA) is 46.3 Å². The fourth-order valence-electron chi connectivity index (χ4n) is 2.55. The van der Waals surface area contributed by atoms with E-state index in [1.807, 2.05) is 25.1 Å². The molecule has 3 nitrogen and oxygen atoms in total. The minimum atomic E-state index is -0.0267. The number of aliphatic hydroxyl groups excluding tert-OH is 1. The molecular weight excluding hydrogens is 202 g/mol. The van der Waals surface area contributed by atoms with Crippen molar-refractivity contribution in [2.75, 3.05) is 6.61 Å². The Bertz CT molecular complexity index is 542. The highest BCUT2D eigenvalue weighted by atomic mass is 16.3. The van der Waals surface area contributed by atoms with Crippen molar-refractivity contribution in [2.24, 2.45) is 5.92 Å². The number of aromatic nitrogens is 1. The first kappa shape index (κ1) is 9.85. The van der Waals surface area contributed by atoms with Gasteiger partial charge in [-0.2, -0.15) is 0 Å². The first-order chi connectivity index (χ1) is 7.65. The molecule has 1 N–H and O–H groups in total. The van der Waals surface area contributed by atoms with E-state index in [0.717, 1.165) is 17.5 Å². The smallest absolute Gasteiger partial charge is 0.192 e. The Kier molecular flexibility index (Phi) is 1.89. The Morgan fingerprint density at radius 2 is 2.31 bits per heavy atom. The van der Waals surface area contributed by atoms with Crippen molar-refractivity contribution in [3.05, 3.63) is 29.7 Å². The molecule has 0 amide bonds. The highest BCUT2D eigenvalue weighted by Crippen LogP contribution is 2.53. The van der Waals surface area contributed by atoms with Gasteiger partial charge in [0.2, 0.25) is 0 Å². The molecule has 84 valence electrons. The van der Waals surface area contributed by atoms with Gasteiger partial charge < -0.3 is 9.52 Å². The van der Waals surface area contributed by atoms with Crippen molar-refractivity contribution in [1.82, 2.24) is 4.98 Å². The molecule has 0 bridgehead atoms. The third-order valence-corrected chi connectivity index (χ3v) is 3.81. The molecule has 0 saturated heterocycles. The quantitative estimate of drug-likeness (QED) is 0.840. The van der Waals surface area contributed by atoms with Gasteiger partial charge in [-0.05, 0) is 30.0 Å². The van der Waals surface area contributed by atoms with Gasteiger partial charge in [-0.25, -0.2) is 4.98 Å². The summed E-state index contributed by atoms with van der Waals surface area (Å²) >= 11 is 0. The molecule has 2 aromatic rings. The van der Waals surface area contributed by atoms with Gasteiger partial charge in [-0.3, -0.25) is 0 Å². The standard InChI is InChI=1S/C13H15NO2/c1-8-6-13(8,7-15)10-3-4-12-11(5-10)14-9(2)16-12/h3-5,8,15H,6-7H2,1-2H3. The second kappa shape index (κ2) is 3.08. The molecule has 2 unspecified atom stereocenters. The monoisotopic (exact) mass is 217 g/mol. The predicted molar refractivity (Wildman–Crippen MR) is 61.3 cm³/mol. The van der Waals surface area contributed by atoms with E-state index in [0.29, 0.717) is 11.8 Å². The zero-order valence-corrected chi connectivity index (χ0v) is 9.53. The highest BCUT2D eigenvalue weighted by Gasteiger charge is 2.51. The van der Waals surface area contributed by atoms with E-state index in [1.165, 1.54) is 5.56 Å². The first-order valence-corrected chi connectivity index (χ1v) is 5.64. The summed E-state index contributed by atoms with van der Waals surface area (Å²) in [5.41, 5.74) is 2.87. The molecule has 2 atom stereocenters. The van der Waals surface area contributed by atoms with E-state index < -0.39 is 0 Å². The summed E-state index contributed by atoms with van der Waals surface area (Å²) in [5, 5.41) is 9.51. The number of nitrogens with zero attached hydrogens (tertiary/aromatic N) is 1. The van der Waals surface area contributed by atoms with Crippen LogP contribution in [0.2, 0.25) is 0 Å². The van der Waals surface area contributed by atoms with Crippen molar-refractivity contribution in [1.29, 1.82) is 0 Å². The van der Waals surface area contributed by atoms with Gasteiger partial charge in [-0.15, -0.1) is 0 Å². The minimum Gasteiger partial charge on any atom is -0.441 e. The SMILES string of the molecule is Cc1nc2cc(C3(CO)CC3C)ccc2o1. The molecule has 16 heavy (non-hydrogen) atoms. The molecule has 0 spiro atoms. The van der Waals surface area contributed by atoms with Crippen molar-refractivity contribution in [3.63, 3.8) is 0 Å². The zero-order chi connectivity index (χ0) is 11.3. The number of aryl methyl sites for hydroxylation is 1. The number of fused-ring (bicyclic) bond motifs is 1. The normalized spacial score (nSPS) is 28.6. The van der Waals surface area contributed by atoms with Crippen LogP contribution in [0.3, 0.4) is 0 Å². The van der Waals surface area contributed by atoms with Crippen LogP contribution in [0.4, 0.5) is 0 Å². The van der Waals surface area contributed by atoms with E-state index >= 15 is 0 Å². The van der Waals surface area contributed by atoms with Crippen molar-refractivity contribution < 1.29 is 9.52 Å². The van der Waals surface area contributed by atoms with Gasteiger partial charge in [0.05, 0.1) is 6.61 Å². The fourth-order valence-corrected chi connectivity index (χ4v) is 2.55. The summed E-state index contributed by atoms with van der Waals surface area (Å²) in [6.45, 7) is 4.24. The summed E-state index contributed by atoms with van der Waals surface area (Å²) in [7, 11) is 0. The maximum absolute atomic E-state index is 9.51. The van der Waals surface area contributed by atoms with Crippen LogP contribution in [0.5, 0.6) is 0 Å². The molecule has 1 aliphatic carbocycles. The van der Waals surface area contributed by atoms with E-state index in [9.17, 15) is 5.11 Å². The summed E-state index contributed by atoms with van der Waals surface area (Å²) in [6, 6.07) is 6.05. The molecule has 1 aromatic heterocycles. The third-order valence-electron chi connectivity index (χ3n) is 3.81. The third kappa shape index (κ3) is 1.21. The first-order valence-electron chi connectivity index (χ1n) is 5.64. The average molecular weight is 217 g/mol. The molecule has 3 heteroatoms. The maximum Gasteiger partial charge on any atom is 0.192 e. The van der Waals surface area contributed by atoms with Crippen LogP contribution in [0.25, 0.3) is 11.1 Å². The number of oxazole rings is 1. The van der Waals surface area contributed by atoms with Crippen LogP contribution < -0.4 is 0 Å². The Labute approximate surface area is 94.1 Å². The fraction of sp³-hybridized carbons (Fsp3) is 0.462. The summed E-state index contributed by atoms with van der Waals surface area (Å²) in [5.74, 6) is 1.25. The van der Waals surface area contributed by atoms with Gasteiger partial charge in [0.15, 0.2) is 11.5 Å². The molecule has 0 aliphatic heterocycles. The van der Waals surface area contributed by atoms with Crippen molar-refractivity contribution in [2.45, 2.75) is 25.7 Å². The molecule has 3 rings (SSSR count). The van der Waals surface area contributed by atoms with Gasteiger partial charge in [0.25, 0.3) is 0 Å². The second-order valence-corrected chi connectivity index (χ2v) is 4.83. The molecule has 1 heterocycles. The van der Waals surface area contributed by atoms with E-state index in [-0.39, 0.29) is 12.0 Å². The number of hydrogen-bond donors (Lipinski definition) is 1. The van der Waals surface area contributed by atoms with Gasteiger partial charge in [0, 0.05) is 12.3 Å². The van der Waals surface area contributed by atoms with Gasteiger partial charge in [0.1, 0.15) is 5.52 Å². The van der Waals surface area contributed by atoms with E-state index in [4.69, 9.17) is 4.42 Å². The molecule has 1 fully saturated rings. The van der Waals surface area contributed by atoms with E-state index in [1.54, 1.807) is 0 Å². The molecule has 1 aliphatic rings. The Morgan fingerprint density at radius 1 is 1.56 bits per heavy atom. The zero-order valence-electron chi connectivity index (χ0n) is 9.53. The predicted octanol–water partition coefficient (Wildman–Crippen LogP) is 2.41. The van der Waals surface area contributed by atoms with Crippen LogP contribution in [0.15, 0.2) is 22.6 Å². The number of rotatable bonds is 2. The number of aliphatic hydroxyl groups is 1. The lowest BCUT2D eigenvalue weighted by Crippen LogP contribution is -2.14. The average Bonchev–Trinajstić information content (AvgIpc) is 2.79. The maximum atomic E-state index is 9.51. The van der Waals surface area contributed by atoms with Gasteiger partial charge >= 0.3 is 0 Å². The number of benzene rings is 1. The van der Waals surface area contributed by atoms with Crippen LogP contribution in [0.1, 0.15) is 24.8 Å². The number of hydrogen-bond acceptors (Lipinski definition) is 3. The summed E-state index contributed by atoms with van der Waals surface area (Å²) in [4.78, 5) is 4.33.